The predicted molar refractivity (Wildman–Crippen MR) is 124 cm³/mol. The third-order valence-electron chi connectivity index (χ3n) is 5.22. The lowest BCUT2D eigenvalue weighted by Crippen LogP contribution is -2.41. The number of esters is 1. The number of rotatable bonds is 9. The molecule has 10 heteroatoms. The van der Waals surface area contributed by atoms with E-state index in [1.165, 1.54) is 49.4 Å². The van der Waals surface area contributed by atoms with Crippen molar-refractivity contribution in [1.82, 2.24) is 5.32 Å². The highest BCUT2D eigenvalue weighted by atomic mass is 19.3. The first-order chi connectivity index (χ1) is 17.2. The number of para-hydroxylation sites is 1. The van der Waals surface area contributed by atoms with Crippen LogP contribution in [0.15, 0.2) is 72.8 Å². The number of benzene rings is 3. The number of nitrogens with two attached hydrogens (primary N) is 1. The Morgan fingerprint density at radius 3 is 2.08 bits per heavy atom. The van der Waals surface area contributed by atoms with Crippen LogP contribution in [0.3, 0.4) is 0 Å². The van der Waals surface area contributed by atoms with Gasteiger partial charge in [0.25, 0.3) is 6.43 Å². The Bertz CT molecular complexity index is 1220. The molecule has 0 fully saturated rings. The number of carbonyl (C=O) groups is 3. The van der Waals surface area contributed by atoms with Gasteiger partial charge in [-0.1, -0.05) is 48.5 Å². The molecule has 2 amide bonds. The minimum atomic E-state index is -2.83. The van der Waals surface area contributed by atoms with Crippen LogP contribution in [0.25, 0.3) is 0 Å². The van der Waals surface area contributed by atoms with Crippen molar-refractivity contribution in [3.8, 4) is 5.75 Å². The van der Waals surface area contributed by atoms with Gasteiger partial charge in [-0.3, -0.25) is 4.79 Å². The lowest BCUT2D eigenvalue weighted by molar-refractivity contribution is -0.136. The molecule has 36 heavy (non-hydrogen) atoms. The summed E-state index contributed by atoms with van der Waals surface area (Å²) < 4.78 is 49.4. The summed E-state index contributed by atoms with van der Waals surface area (Å²) in [6.45, 7) is 1.17. The van der Waals surface area contributed by atoms with Crippen LogP contribution in [0, 0.1) is 5.82 Å². The first kappa shape index (κ1) is 26.3. The maximum atomic E-state index is 13.2. The smallest absolute Gasteiger partial charge is 0.408 e. The molecule has 7 nitrogen and oxygen atoms in total. The zero-order chi connectivity index (χ0) is 26.2. The molecular weight excluding hydrogens is 477 g/mol. The van der Waals surface area contributed by atoms with Crippen molar-refractivity contribution < 1.29 is 37.0 Å². The fourth-order valence-electron chi connectivity index (χ4n) is 3.36. The Hall–Kier alpha value is -4.34. The summed E-state index contributed by atoms with van der Waals surface area (Å²) in [4.78, 5) is 36.3. The topological polar surface area (TPSA) is 108 Å². The number of ether oxygens (including phenoxy) is 2. The molecule has 0 aromatic heterocycles. The van der Waals surface area contributed by atoms with Crippen molar-refractivity contribution in [1.29, 1.82) is 0 Å². The number of halogens is 3. The van der Waals surface area contributed by atoms with E-state index in [0.717, 1.165) is 6.07 Å². The molecule has 0 spiro atoms. The Labute approximate surface area is 205 Å². The molecule has 0 bridgehead atoms. The largest absolute Gasteiger partial charge is 0.445 e. The number of hydrogen-bond donors (Lipinski definition) is 2. The summed E-state index contributed by atoms with van der Waals surface area (Å²) >= 11 is 0. The molecule has 0 radical (unpaired) electrons. The SMILES string of the molecule is C[C@H](NC(=O)OCc1ccc([C@H](C(N)=O)c2ccc(F)cc2)cc1)C(=O)Oc1ccccc1C(F)F. The molecule has 188 valence electrons. The molecule has 0 aliphatic rings. The first-order valence-electron chi connectivity index (χ1n) is 10.8. The molecule has 2 atom stereocenters. The van der Waals surface area contributed by atoms with Crippen LogP contribution in [-0.4, -0.2) is 24.0 Å². The second kappa shape index (κ2) is 11.9. The van der Waals surface area contributed by atoms with Crippen molar-refractivity contribution in [2.24, 2.45) is 5.73 Å². The van der Waals surface area contributed by atoms with E-state index in [9.17, 15) is 27.6 Å². The Morgan fingerprint density at radius 1 is 0.917 bits per heavy atom. The number of amides is 2. The number of nitrogens with one attached hydrogen (secondary N) is 1. The van der Waals surface area contributed by atoms with Crippen molar-refractivity contribution in [2.75, 3.05) is 0 Å². The Morgan fingerprint density at radius 2 is 1.50 bits per heavy atom. The third-order valence-corrected chi connectivity index (χ3v) is 5.22. The molecule has 3 rings (SSSR count). The average molecular weight is 500 g/mol. The van der Waals surface area contributed by atoms with Crippen molar-refractivity contribution in [3.05, 3.63) is 101 Å². The molecule has 0 saturated heterocycles. The van der Waals surface area contributed by atoms with Gasteiger partial charge < -0.3 is 20.5 Å². The average Bonchev–Trinajstić information content (AvgIpc) is 2.85. The molecular formula is C26H23F3N2O5. The number of alkyl halides is 2. The standard InChI is InChI=1S/C26H23F3N2O5/c1-15(25(33)36-21-5-3-2-4-20(21)23(28)29)31-26(34)35-14-16-6-8-17(9-7-16)22(24(30)32)18-10-12-19(27)13-11-18/h2-13,15,22-23H,14H2,1H3,(H2,30,32)(H,31,34)/t15-,22-/m0/s1. The summed E-state index contributed by atoms with van der Waals surface area (Å²) in [6, 6.07) is 16.0. The van der Waals surface area contributed by atoms with Gasteiger partial charge in [0.05, 0.1) is 11.5 Å². The van der Waals surface area contributed by atoms with Gasteiger partial charge in [0.15, 0.2) is 0 Å². The minimum absolute atomic E-state index is 0.153. The van der Waals surface area contributed by atoms with E-state index < -0.39 is 47.7 Å². The van der Waals surface area contributed by atoms with Gasteiger partial charge in [-0.2, -0.15) is 0 Å². The van der Waals surface area contributed by atoms with Crippen LogP contribution in [0.5, 0.6) is 5.75 Å². The molecule has 0 unspecified atom stereocenters. The number of hydrogen-bond acceptors (Lipinski definition) is 5. The summed E-state index contributed by atoms with van der Waals surface area (Å²) in [7, 11) is 0. The monoisotopic (exact) mass is 500 g/mol. The van der Waals surface area contributed by atoms with Gasteiger partial charge in [0.1, 0.15) is 24.2 Å². The predicted octanol–water partition coefficient (Wildman–Crippen LogP) is 4.60. The fraction of sp³-hybridized carbons (Fsp3) is 0.192. The van der Waals surface area contributed by atoms with E-state index >= 15 is 0 Å². The fourth-order valence-corrected chi connectivity index (χ4v) is 3.36. The van der Waals surface area contributed by atoms with Crippen LogP contribution >= 0.6 is 0 Å². The third kappa shape index (κ3) is 6.84. The van der Waals surface area contributed by atoms with Crippen LogP contribution in [-0.2, 0) is 20.9 Å². The molecule has 0 heterocycles. The van der Waals surface area contributed by atoms with Crippen molar-refractivity contribution >= 4 is 18.0 Å². The molecule has 3 N–H and O–H groups in total. The summed E-state index contributed by atoms with van der Waals surface area (Å²) in [5.74, 6) is -3.07. The molecule has 0 aliphatic heterocycles. The zero-order valence-corrected chi connectivity index (χ0v) is 19.1. The summed E-state index contributed by atoms with van der Waals surface area (Å²) in [6.07, 6.45) is -3.76. The number of primary amides is 1. The van der Waals surface area contributed by atoms with Gasteiger partial charge >= 0.3 is 12.1 Å². The van der Waals surface area contributed by atoms with Crippen LogP contribution < -0.4 is 15.8 Å². The molecule has 0 aliphatic carbocycles. The summed E-state index contributed by atoms with van der Waals surface area (Å²) in [5.41, 5.74) is 6.77. The summed E-state index contributed by atoms with van der Waals surface area (Å²) in [5, 5.41) is 2.27. The van der Waals surface area contributed by atoms with Crippen LogP contribution in [0.4, 0.5) is 18.0 Å². The molecule has 3 aromatic carbocycles. The molecule has 0 saturated carbocycles. The molecule has 3 aromatic rings. The van der Waals surface area contributed by atoms with Gasteiger partial charge in [-0.15, -0.1) is 0 Å². The number of carbonyl (C=O) groups excluding carboxylic acids is 3. The highest BCUT2D eigenvalue weighted by Gasteiger charge is 2.23. The van der Waals surface area contributed by atoms with E-state index in [-0.39, 0.29) is 12.4 Å². The minimum Gasteiger partial charge on any atom is -0.445 e. The van der Waals surface area contributed by atoms with E-state index in [0.29, 0.717) is 16.7 Å². The second-order valence-corrected chi connectivity index (χ2v) is 7.83. The highest BCUT2D eigenvalue weighted by molar-refractivity contribution is 5.85. The van der Waals surface area contributed by atoms with E-state index in [4.69, 9.17) is 15.2 Å². The van der Waals surface area contributed by atoms with Gasteiger partial charge in [0.2, 0.25) is 5.91 Å². The lowest BCUT2D eigenvalue weighted by atomic mass is 9.90. The van der Waals surface area contributed by atoms with Crippen molar-refractivity contribution in [2.45, 2.75) is 31.9 Å². The Kier molecular flexibility index (Phi) is 8.66. The van der Waals surface area contributed by atoms with E-state index in [1.807, 2.05) is 0 Å². The quantitative estimate of drug-likeness (QED) is 0.330. The number of alkyl carbamates (subject to hydrolysis) is 1. The second-order valence-electron chi connectivity index (χ2n) is 7.83. The first-order valence-corrected chi connectivity index (χ1v) is 10.8. The van der Waals surface area contributed by atoms with Crippen molar-refractivity contribution in [3.63, 3.8) is 0 Å². The Balaban J connectivity index is 1.55. The highest BCUT2D eigenvalue weighted by Crippen LogP contribution is 2.29. The van der Waals surface area contributed by atoms with Crippen LogP contribution in [0.1, 0.15) is 41.5 Å². The van der Waals surface area contributed by atoms with Gasteiger partial charge in [-0.25, -0.2) is 22.8 Å². The zero-order valence-electron chi connectivity index (χ0n) is 19.1. The van der Waals surface area contributed by atoms with E-state index in [1.54, 1.807) is 24.3 Å². The van der Waals surface area contributed by atoms with Gasteiger partial charge in [0, 0.05) is 0 Å². The van der Waals surface area contributed by atoms with Crippen LogP contribution in [0.2, 0.25) is 0 Å². The van der Waals surface area contributed by atoms with E-state index in [2.05, 4.69) is 5.32 Å². The maximum absolute atomic E-state index is 13.2. The normalized spacial score (nSPS) is 12.5. The maximum Gasteiger partial charge on any atom is 0.408 e. The lowest BCUT2D eigenvalue weighted by Gasteiger charge is -2.16. The van der Waals surface area contributed by atoms with Gasteiger partial charge in [-0.05, 0) is 47.9 Å².